The molecule has 5 rings (SSSR count). The summed E-state index contributed by atoms with van der Waals surface area (Å²) < 4.78 is 2.05. The Labute approximate surface area is 212 Å². The Balaban J connectivity index is 1.38. The normalized spacial score (nSPS) is 18.7. The molecular formula is C26H35N9O. The second-order valence-electron chi connectivity index (χ2n) is 9.89. The van der Waals surface area contributed by atoms with Crippen LogP contribution in [0.1, 0.15) is 26.3 Å². The molecule has 0 spiro atoms. The summed E-state index contributed by atoms with van der Waals surface area (Å²) in [4.78, 5) is 32.8. The summed E-state index contributed by atoms with van der Waals surface area (Å²) >= 11 is 0. The van der Waals surface area contributed by atoms with Gasteiger partial charge in [0.15, 0.2) is 17.0 Å². The minimum atomic E-state index is -0.0454. The van der Waals surface area contributed by atoms with Gasteiger partial charge in [-0.15, -0.1) is 0 Å². The SMILES string of the molecule is C=CC(=O)N1CC[C@H](Nc2nc(Nc3ccc(N4CCN(C)CC4)cc3)c3ncn(C(C)C)c3n2)C1. The van der Waals surface area contributed by atoms with Crippen LogP contribution in [0.25, 0.3) is 11.2 Å². The summed E-state index contributed by atoms with van der Waals surface area (Å²) in [6.45, 7) is 13.3. The van der Waals surface area contributed by atoms with Crippen molar-refractivity contribution in [2.24, 2.45) is 0 Å². The highest BCUT2D eigenvalue weighted by Gasteiger charge is 2.26. The number of benzene rings is 1. The molecule has 0 bridgehead atoms. The number of carbonyl (C=O) groups excluding carboxylic acids is 1. The first-order valence-electron chi connectivity index (χ1n) is 12.6. The van der Waals surface area contributed by atoms with Crippen LogP contribution in [0.15, 0.2) is 43.2 Å². The number of hydrogen-bond donors (Lipinski definition) is 2. The molecule has 3 aromatic rings. The van der Waals surface area contributed by atoms with Gasteiger partial charge in [0.2, 0.25) is 11.9 Å². The van der Waals surface area contributed by atoms with Gasteiger partial charge in [-0.3, -0.25) is 4.79 Å². The second-order valence-corrected chi connectivity index (χ2v) is 9.89. The smallest absolute Gasteiger partial charge is 0.246 e. The van der Waals surface area contributed by atoms with Crippen LogP contribution in [0.3, 0.4) is 0 Å². The molecule has 2 N–H and O–H groups in total. The summed E-state index contributed by atoms with van der Waals surface area (Å²) in [5.41, 5.74) is 3.68. The second kappa shape index (κ2) is 10.1. The van der Waals surface area contributed by atoms with E-state index < -0.39 is 0 Å². The molecule has 2 fully saturated rings. The molecular weight excluding hydrogens is 454 g/mol. The zero-order valence-electron chi connectivity index (χ0n) is 21.3. The number of fused-ring (bicyclic) bond motifs is 1. The average Bonchev–Trinajstić information content (AvgIpc) is 3.52. The van der Waals surface area contributed by atoms with E-state index in [-0.39, 0.29) is 18.0 Å². The van der Waals surface area contributed by atoms with Crippen molar-refractivity contribution in [2.75, 3.05) is 61.8 Å². The van der Waals surface area contributed by atoms with Gasteiger partial charge in [0, 0.05) is 62.7 Å². The summed E-state index contributed by atoms with van der Waals surface area (Å²) in [6, 6.07) is 8.77. The number of rotatable bonds is 7. The molecule has 10 heteroatoms. The average molecular weight is 490 g/mol. The van der Waals surface area contributed by atoms with Gasteiger partial charge < -0.3 is 29.9 Å². The molecule has 1 aromatic carbocycles. The van der Waals surface area contributed by atoms with Crippen LogP contribution in [0.5, 0.6) is 0 Å². The van der Waals surface area contributed by atoms with Crippen LogP contribution in [-0.4, -0.2) is 87.6 Å². The molecule has 2 saturated heterocycles. The van der Waals surface area contributed by atoms with Crippen LogP contribution in [-0.2, 0) is 4.79 Å². The Kier molecular flexibility index (Phi) is 6.77. The van der Waals surface area contributed by atoms with Gasteiger partial charge in [-0.05, 0) is 57.7 Å². The first kappa shape index (κ1) is 24.1. The Morgan fingerprint density at radius 3 is 2.56 bits per heavy atom. The summed E-state index contributed by atoms with van der Waals surface area (Å²) in [5.74, 6) is 1.14. The maximum atomic E-state index is 12.0. The van der Waals surface area contributed by atoms with Crippen molar-refractivity contribution in [2.45, 2.75) is 32.4 Å². The van der Waals surface area contributed by atoms with Crippen molar-refractivity contribution in [3.05, 3.63) is 43.2 Å². The molecule has 2 aliphatic heterocycles. The minimum Gasteiger partial charge on any atom is -0.369 e. The Morgan fingerprint density at radius 2 is 1.86 bits per heavy atom. The molecule has 0 saturated carbocycles. The largest absolute Gasteiger partial charge is 0.369 e. The molecule has 4 heterocycles. The van der Waals surface area contributed by atoms with E-state index in [0.717, 1.165) is 49.5 Å². The number of likely N-dealkylation sites (tertiary alicyclic amines) is 1. The van der Waals surface area contributed by atoms with Gasteiger partial charge in [-0.25, -0.2) is 4.98 Å². The molecule has 2 aromatic heterocycles. The third-order valence-corrected chi connectivity index (χ3v) is 6.98. The fourth-order valence-electron chi connectivity index (χ4n) is 4.79. The van der Waals surface area contributed by atoms with Crippen LogP contribution >= 0.6 is 0 Å². The van der Waals surface area contributed by atoms with E-state index in [1.54, 1.807) is 4.90 Å². The number of imidazole rings is 1. The van der Waals surface area contributed by atoms with Crippen molar-refractivity contribution in [3.63, 3.8) is 0 Å². The predicted octanol–water partition coefficient (Wildman–Crippen LogP) is 3.10. The Hall–Kier alpha value is -3.66. The molecule has 1 atom stereocenters. The van der Waals surface area contributed by atoms with Gasteiger partial charge in [0.25, 0.3) is 0 Å². The Bertz CT molecular complexity index is 1230. The number of hydrogen-bond acceptors (Lipinski definition) is 8. The quantitative estimate of drug-likeness (QED) is 0.489. The summed E-state index contributed by atoms with van der Waals surface area (Å²) in [5, 5.41) is 6.90. The number of anilines is 4. The van der Waals surface area contributed by atoms with E-state index in [4.69, 9.17) is 9.97 Å². The van der Waals surface area contributed by atoms with Crippen molar-refractivity contribution >= 4 is 40.2 Å². The van der Waals surface area contributed by atoms with Crippen LogP contribution in [0.4, 0.5) is 23.1 Å². The molecule has 10 nitrogen and oxygen atoms in total. The van der Waals surface area contributed by atoms with E-state index in [9.17, 15) is 4.79 Å². The molecule has 2 aliphatic rings. The highest BCUT2D eigenvalue weighted by Crippen LogP contribution is 2.28. The van der Waals surface area contributed by atoms with Crippen LogP contribution < -0.4 is 15.5 Å². The van der Waals surface area contributed by atoms with E-state index in [1.165, 1.54) is 11.8 Å². The van der Waals surface area contributed by atoms with Crippen LogP contribution in [0, 0.1) is 0 Å². The van der Waals surface area contributed by atoms with Crippen LogP contribution in [0.2, 0.25) is 0 Å². The topological polar surface area (TPSA) is 94.5 Å². The van der Waals surface area contributed by atoms with Crippen molar-refractivity contribution in [1.82, 2.24) is 29.3 Å². The Morgan fingerprint density at radius 1 is 1.11 bits per heavy atom. The molecule has 0 unspecified atom stereocenters. The number of amides is 1. The first-order chi connectivity index (χ1) is 17.4. The minimum absolute atomic E-state index is 0.0454. The lowest BCUT2D eigenvalue weighted by molar-refractivity contribution is -0.125. The van der Waals surface area contributed by atoms with E-state index in [2.05, 4.69) is 77.2 Å². The monoisotopic (exact) mass is 489 g/mol. The van der Waals surface area contributed by atoms with E-state index >= 15 is 0 Å². The summed E-state index contributed by atoms with van der Waals surface area (Å²) in [6.07, 6.45) is 4.01. The highest BCUT2D eigenvalue weighted by atomic mass is 16.2. The lowest BCUT2D eigenvalue weighted by atomic mass is 10.2. The number of nitrogens with zero attached hydrogens (tertiary/aromatic N) is 7. The molecule has 0 aliphatic carbocycles. The fraction of sp³-hybridized carbons (Fsp3) is 0.462. The third kappa shape index (κ3) is 4.99. The van der Waals surface area contributed by atoms with Gasteiger partial charge in [-0.1, -0.05) is 6.58 Å². The first-order valence-corrected chi connectivity index (χ1v) is 12.6. The van der Waals surface area contributed by atoms with Gasteiger partial charge in [-0.2, -0.15) is 9.97 Å². The third-order valence-electron chi connectivity index (χ3n) is 6.98. The maximum absolute atomic E-state index is 12.0. The van der Waals surface area contributed by atoms with Crippen molar-refractivity contribution in [3.8, 4) is 0 Å². The number of piperazine rings is 1. The molecule has 0 radical (unpaired) electrons. The fourth-order valence-corrected chi connectivity index (χ4v) is 4.79. The van der Waals surface area contributed by atoms with Gasteiger partial charge >= 0.3 is 0 Å². The number of aromatic nitrogens is 4. The maximum Gasteiger partial charge on any atom is 0.246 e. The van der Waals surface area contributed by atoms with Crippen molar-refractivity contribution in [1.29, 1.82) is 0 Å². The van der Waals surface area contributed by atoms with Gasteiger partial charge in [0.1, 0.15) is 0 Å². The lowest BCUT2D eigenvalue weighted by Gasteiger charge is -2.34. The van der Waals surface area contributed by atoms with Gasteiger partial charge in [0.05, 0.1) is 6.33 Å². The lowest BCUT2D eigenvalue weighted by Crippen LogP contribution is -2.44. The number of likely N-dealkylation sites (N-methyl/N-ethyl adjacent to an activating group) is 1. The van der Waals surface area contributed by atoms with Crippen molar-refractivity contribution < 1.29 is 4.79 Å². The zero-order valence-corrected chi connectivity index (χ0v) is 21.3. The number of nitrogens with one attached hydrogen (secondary N) is 2. The summed E-state index contributed by atoms with van der Waals surface area (Å²) in [7, 11) is 2.17. The predicted molar refractivity (Wildman–Crippen MR) is 144 cm³/mol. The standard InChI is InChI=1S/C26H35N9O/c1-5-22(36)34-11-10-20(16-34)29-26-30-24(23-25(31-26)35(17-27-23)18(2)3)28-19-6-8-21(9-7-19)33-14-12-32(4)13-15-33/h5-9,17-18,20H,1,10-16H2,2-4H3,(H2,28,29,30,31)/t20-/m0/s1. The molecule has 1 amide bonds. The van der Waals surface area contributed by atoms with E-state index in [0.29, 0.717) is 24.9 Å². The highest BCUT2D eigenvalue weighted by molar-refractivity contribution is 5.88. The van der Waals surface area contributed by atoms with E-state index in [1.807, 2.05) is 10.9 Å². The zero-order chi connectivity index (χ0) is 25.2. The molecule has 36 heavy (non-hydrogen) atoms. The molecule has 190 valence electrons. The number of carbonyl (C=O) groups is 1.